The third-order valence-electron chi connectivity index (χ3n) is 3.58. The van der Waals surface area contributed by atoms with Crippen molar-refractivity contribution in [2.75, 3.05) is 26.2 Å². The van der Waals surface area contributed by atoms with E-state index in [2.05, 4.69) is 37.1 Å². The van der Waals surface area contributed by atoms with Crippen LogP contribution in [0.25, 0.3) is 0 Å². The molecule has 0 saturated carbocycles. The lowest BCUT2D eigenvalue weighted by atomic mass is 10.0. The molecule has 1 aliphatic rings. The summed E-state index contributed by atoms with van der Waals surface area (Å²) in [4.78, 5) is 2.40. The van der Waals surface area contributed by atoms with Gasteiger partial charge < -0.3 is 4.74 Å². The molecule has 4 nitrogen and oxygen atoms in total. The zero-order chi connectivity index (χ0) is 13.6. The molecule has 0 bridgehead atoms. The number of nitrogens with one attached hydrogen (secondary N) is 1. The molecule has 1 N–H and O–H groups in total. The van der Waals surface area contributed by atoms with Crippen molar-refractivity contribution in [2.24, 2.45) is 0 Å². The van der Waals surface area contributed by atoms with Gasteiger partial charge >= 0.3 is 0 Å². The SMILES string of the molecule is CCCNC(C)(C#N)CN1CC(C)OCC1CC. The van der Waals surface area contributed by atoms with Crippen LogP contribution in [0.5, 0.6) is 0 Å². The van der Waals surface area contributed by atoms with Gasteiger partial charge in [-0.2, -0.15) is 5.26 Å². The third kappa shape index (κ3) is 4.24. The highest BCUT2D eigenvalue weighted by Gasteiger charge is 2.32. The second-order valence-electron chi connectivity index (χ2n) is 5.51. The van der Waals surface area contributed by atoms with E-state index in [1.165, 1.54) is 0 Å². The molecule has 1 fully saturated rings. The minimum absolute atomic E-state index is 0.266. The Labute approximate surface area is 111 Å². The van der Waals surface area contributed by atoms with Crippen LogP contribution < -0.4 is 5.32 Å². The number of nitriles is 1. The average Bonchev–Trinajstić information content (AvgIpc) is 2.37. The van der Waals surface area contributed by atoms with Crippen LogP contribution in [-0.4, -0.2) is 48.8 Å². The predicted molar refractivity (Wildman–Crippen MR) is 73.4 cm³/mol. The van der Waals surface area contributed by atoms with E-state index in [4.69, 9.17) is 4.74 Å². The van der Waals surface area contributed by atoms with E-state index in [1.54, 1.807) is 0 Å². The molecule has 0 aromatic rings. The first-order valence-corrected chi connectivity index (χ1v) is 7.06. The fourth-order valence-electron chi connectivity index (χ4n) is 2.42. The maximum atomic E-state index is 9.40. The van der Waals surface area contributed by atoms with Gasteiger partial charge in [0.25, 0.3) is 0 Å². The number of nitrogens with zero attached hydrogens (tertiary/aromatic N) is 2. The van der Waals surface area contributed by atoms with Crippen molar-refractivity contribution < 1.29 is 4.74 Å². The summed E-state index contributed by atoms with van der Waals surface area (Å²) in [5, 5.41) is 12.8. The summed E-state index contributed by atoms with van der Waals surface area (Å²) in [5.41, 5.74) is -0.458. The normalized spacial score (nSPS) is 28.6. The lowest BCUT2D eigenvalue weighted by Gasteiger charge is -2.41. The van der Waals surface area contributed by atoms with Crippen LogP contribution in [0.2, 0.25) is 0 Å². The Kier molecular flexibility index (Phi) is 6.07. The fourth-order valence-corrected chi connectivity index (χ4v) is 2.42. The van der Waals surface area contributed by atoms with Gasteiger partial charge in [-0.05, 0) is 33.2 Å². The average molecular weight is 253 g/mol. The van der Waals surface area contributed by atoms with Gasteiger partial charge in [-0.1, -0.05) is 13.8 Å². The molecule has 18 heavy (non-hydrogen) atoms. The number of rotatable bonds is 6. The van der Waals surface area contributed by atoms with E-state index < -0.39 is 5.54 Å². The molecule has 1 heterocycles. The van der Waals surface area contributed by atoms with Crippen molar-refractivity contribution in [3.05, 3.63) is 0 Å². The Morgan fingerprint density at radius 3 is 2.78 bits per heavy atom. The summed E-state index contributed by atoms with van der Waals surface area (Å²) in [6, 6.07) is 2.87. The van der Waals surface area contributed by atoms with Crippen LogP contribution in [0.3, 0.4) is 0 Å². The zero-order valence-electron chi connectivity index (χ0n) is 12.2. The van der Waals surface area contributed by atoms with Gasteiger partial charge in [0.2, 0.25) is 0 Å². The van der Waals surface area contributed by atoms with E-state index in [0.717, 1.165) is 39.1 Å². The first kappa shape index (κ1) is 15.4. The Bertz CT molecular complexity index is 289. The highest BCUT2D eigenvalue weighted by Crippen LogP contribution is 2.17. The molecule has 104 valence electrons. The molecule has 0 aromatic heterocycles. The van der Waals surface area contributed by atoms with Gasteiger partial charge in [-0.15, -0.1) is 0 Å². The molecule has 0 spiro atoms. The Balaban J connectivity index is 2.63. The van der Waals surface area contributed by atoms with Crippen LogP contribution in [-0.2, 0) is 4.74 Å². The summed E-state index contributed by atoms with van der Waals surface area (Å²) in [5.74, 6) is 0. The lowest BCUT2D eigenvalue weighted by molar-refractivity contribution is -0.0607. The molecule has 1 saturated heterocycles. The molecule has 1 aliphatic heterocycles. The van der Waals surface area contributed by atoms with E-state index in [0.29, 0.717) is 6.04 Å². The van der Waals surface area contributed by atoms with E-state index >= 15 is 0 Å². The molecular weight excluding hydrogens is 226 g/mol. The second-order valence-corrected chi connectivity index (χ2v) is 5.51. The van der Waals surface area contributed by atoms with Crippen LogP contribution in [0, 0.1) is 11.3 Å². The maximum Gasteiger partial charge on any atom is 0.116 e. The Morgan fingerprint density at radius 2 is 2.22 bits per heavy atom. The number of hydrogen-bond acceptors (Lipinski definition) is 4. The summed E-state index contributed by atoms with van der Waals surface area (Å²) < 4.78 is 5.70. The molecule has 3 atom stereocenters. The van der Waals surface area contributed by atoms with Gasteiger partial charge in [0.15, 0.2) is 0 Å². The first-order chi connectivity index (χ1) is 8.54. The highest BCUT2D eigenvalue weighted by molar-refractivity contribution is 5.06. The van der Waals surface area contributed by atoms with Gasteiger partial charge in [0, 0.05) is 19.1 Å². The molecule has 4 heteroatoms. The number of morpholine rings is 1. The van der Waals surface area contributed by atoms with E-state index in [9.17, 15) is 5.26 Å². The fraction of sp³-hybridized carbons (Fsp3) is 0.929. The smallest absolute Gasteiger partial charge is 0.116 e. The van der Waals surface area contributed by atoms with Gasteiger partial charge in [0.05, 0.1) is 18.8 Å². The molecule has 0 amide bonds. The van der Waals surface area contributed by atoms with Crippen molar-refractivity contribution in [3.8, 4) is 6.07 Å². The largest absolute Gasteiger partial charge is 0.376 e. The van der Waals surface area contributed by atoms with Crippen LogP contribution in [0.1, 0.15) is 40.5 Å². The second kappa shape index (κ2) is 7.08. The molecule has 3 unspecified atom stereocenters. The van der Waals surface area contributed by atoms with Gasteiger partial charge in [-0.25, -0.2) is 0 Å². The Morgan fingerprint density at radius 1 is 1.50 bits per heavy atom. The topological polar surface area (TPSA) is 48.3 Å². The summed E-state index contributed by atoms with van der Waals surface area (Å²) in [7, 11) is 0. The number of ether oxygens (including phenoxy) is 1. The van der Waals surface area contributed by atoms with Gasteiger partial charge in [0.1, 0.15) is 5.54 Å². The monoisotopic (exact) mass is 253 g/mol. The van der Waals surface area contributed by atoms with Crippen LogP contribution in [0.4, 0.5) is 0 Å². The van der Waals surface area contributed by atoms with Crippen molar-refractivity contribution in [1.82, 2.24) is 10.2 Å². The van der Waals surface area contributed by atoms with Crippen LogP contribution >= 0.6 is 0 Å². The van der Waals surface area contributed by atoms with Crippen molar-refractivity contribution >= 4 is 0 Å². The molecule has 1 rings (SSSR count). The molecule has 0 radical (unpaired) electrons. The first-order valence-electron chi connectivity index (χ1n) is 7.06. The highest BCUT2D eigenvalue weighted by atomic mass is 16.5. The van der Waals surface area contributed by atoms with E-state index in [-0.39, 0.29) is 6.10 Å². The minimum Gasteiger partial charge on any atom is -0.376 e. The van der Waals surface area contributed by atoms with Crippen molar-refractivity contribution in [3.63, 3.8) is 0 Å². The molecular formula is C14H27N3O. The standard InChI is InChI=1S/C14H27N3O/c1-5-7-16-14(4,10-15)11-17-8-12(3)18-9-13(17)6-2/h12-13,16H,5-9,11H2,1-4H3. The predicted octanol–water partition coefficient (Wildman–Crippen LogP) is 1.77. The molecule has 0 aliphatic carbocycles. The maximum absolute atomic E-state index is 9.40. The lowest BCUT2D eigenvalue weighted by Crippen LogP contribution is -2.57. The summed E-state index contributed by atoms with van der Waals surface area (Å²) in [6.45, 7) is 11.8. The van der Waals surface area contributed by atoms with E-state index in [1.807, 2.05) is 6.92 Å². The summed E-state index contributed by atoms with van der Waals surface area (Å²) >= 11 is 0. The van der Waals surface area contributed by atoms with Crippen molar-refractivity contribution in [1.29, 1.82) is 5.26 Å². The zero-order valence-corrected chi connectivity index (χ0v) is 12.2. The van der Waals surface area contributed by atoms with Gasteiger partial charge in [-0.3, -0.25) is 10.2 Å². The summed E-state index contributed by atoms with van der Waals surface area (Å²) in [6.07, 6.45) is 2.39. The van der Waals surface area contributed by atoms with Crippen molar-refractivity contribution in [2.45, 2.75) is 58.2 Å². The minimum atomic E-state index is -0.458. The third-order valence-corrected chi connectivity index (χ3v) is 3.58. The Hall–Kier alpha value is -0.630. The van der Waals surface area contributed by atoms with Crippen LogP contribution in [0.15, 0.2) is 0 Å². The molecule has 0 aromatic carbocycles. The quantitative estimate of drug-likeness (QED) is 0.783. The number of hydrogen-bond donors (Lipinski definition) is 1.